The monoisotopic (exact) mass is 270 g/mol. The average molecular weight is 270 g/mol. The molecule has 0 atom stereocenters. The maximum absolute atomic E-state index is 11.9. The summed E-state index contributed by atoms with van der Waals surface area (Å²) in [5.41, 5.74) is 2.32. The molecule has 3 rings (SSSR count). The minimum absolute atomic E-state index is 0.276. The molecular weight excluding hydrogens is 260 g/mol. The van der Waals surface area contributed by atoms with Crippen LogP contribution < -0.4 is 5.32 Å². The van der Waals surface area contributed by atoms with Crippen molar-refractivity contribution in [3.63, 3.8) is 0 Å². The highest BCUT2D eigenvalue weighted by Crippen LogP contribution is 2.26. The van der Waals surface area contributed by atoms with Gasteiger partial charge in [-0.2, -0.15) is 0 Å². The molecule has 2 heterocycles. The Morgan fingerprint density at radius 2 is 2.21 bits per heavy atom. The molecule has 1 N–H and O–H groups in total. The fraction of sp³-hybridized carbons (Fsp3) is 0.0769. The van der Waals surface area contributed by atoms with Gasteiger partial charge in [0, 0.05) is 12.4 Å². The highest BCUT2D eigenvalue weighted by atomic mass is 32.1. The van der Waals surface area contributed by atoms with Gasteiger partial charge in [0.2, 0.25) is 0 Å². The number of aromatic nitrogens is 3. The smallest absolute Gasteiger partial charge is 0.277 e. The summed E-state index contributed by atoms with van der Waals surface area (Å²) in [6.45, 7) is 2.02. The molecule has 0 bridgehead atoms. The van der Waals surface area contributed by atoms with Crippen molar-refractivity contribution in [1.82, 2.24) is 15.0 Å². The molecule has 0 saturated carbocycles. The van der Waals surface area contributed by atoms with Crippen molar-refractivity contribution in [3.8, 4) is 0 Å². The van der Waals surface area contributed by atoms with E-state index in [0.717, 1.165) is 10.2 Å². The fourth-order valence-corrected chi connectivity index (χ4v) is 2.62. The lowest BCUT2D eigenvalue weighted by atomic mass is 10.2. The minimum atomic E-state index is -0.302. The second-order valence-electron chi connectivity index (χ2n) is 4.03. The molecular formula is C13H10N4OS. The zero-order chi connectivity index (χ0) is 13.2. The number of rotatable bonds is 2. The molecule has 0 spiro atoms. The normalized spacial score (nSPS) is 10.6. The first kappa shape index (κ1) is 11.7. The highest BCUT2D eigenvalue weighted by Gasteiger charge is 2.10. The third-order valence-corrected chi connectivity index (χ3v) is 3.49. The molecule has 0 aliphatic rings. The van der Waals surface area contributed by atoms with Crippen LogP contribution in [0.5, 0.6) is 0 Å². The Kier molecular flexibility index (Phi) is 2.92. The van der Waals surface area contributed by atoms with Crippen LogP contribution >= 0.6 is 11.3 Å². The number of carbonyl (C=O) groups excluding carboxylic acids is 1. The van der Waals surface area contributed by atoms with E-state index in [0.29, 0.717) is 5.13 Å². The molecule has 19 heavy (non-hydrogen) atoms. The number of amides is 1. The van der Waals surface area contributed by atoms with Crippen molar-refractivity contribution in [3.05, 3.63) is 48.0 Å². The van der Waals surface area contributed by atoms with Crippen LogP contribution in [0.2, 0.25) is 0 Å². The van der Waals surface area contributed by atoms with E-state index in [1.807, 2.05) is 25.1 Å². The molecule has 6 heteroatoms. The first-order chi connectivity index (χ1) is 9.22. The molecule has 0 saturated heterocycles. The number of hydrogen-bond acceptors (Lipinski definition) is 5. The minimum Gasteiger partial charge on any atom is -0.296 e. The van der Waals surface area contributed by atoms with Crippen molar-refractivity contribution in [2.24, 2.45) is 0 Å². The summed E-state index contributed by atoms with van der Waals surface area (Å²) < 4.78 is 1.05. The number of benzene rings is 1. The van der Waals surface area contributed by atoms with Gasteiger partial charge in [-0.1, -0.05) is 17.4 Å². The van der Waals surface area contributed by atoms with E-state index in [1.54, 1.807) is 0 Å². The predicted molar refractivity (Wildman–Crippen MR) is 74.3 cm³/mol. The lowest BCUT2D eigenvalue weighted by molar-refractivity contribution is 0.102. The summed E-state index contributed by atoms with van der Waals surface area (Å²) in [6, 6.07) is 5.99. The Balaban J connectivity index is 1.87. The van der Waals surface area contributed by atoms with Crippen molar-refractivity contribution in [2.45, 2.75) is 6.92 Å². The number of carbonyl (C=O) groups is 1. The summed E-state index contributed by atoms with van der Waals surface area (Å²) in [5.74, 6) is -0.302. The van der Waals surface area contributed by atoms with Crippen LogP contribution in [-0.2, 0) is 0 Å². The van der Waals surface area contributed by atoms with Crippen LogP contribution in [0.25, 0.3) is 10.2 Å². The van der Waals surface area contributed by atoms with Crippen molar-refractivity contribution in [1.29, 1.82) is 0 Å². The topological polar surface area (TPSA) is 67.8 Å². The molecule has 0 aliphatic heterocycles. The van der Waals surface area contributed by atoms with E-state index >= 15 is 0 Å². The van der Waals surface area contributed by atoms with Crippen LogP contribution in [0, 0.1) is 6.92 Å². The van der Waals surface area contributed by atoms with Gasteiger partial charge in [0.1, 0.15) is 5.69 Å². The number of hydrogen-bond donors (Lipinski definition) is 1. The van der Waals surface area contributed by atoms with Gasteiger partial charge < -0.3 is 0 Å². The molecule has 3 aromatic rings. The van der Waals surface area contributed by atoms with E-state index in [1.165, 1.54) is 35.5 Å². The number of nitrogens with one attached hydrogen (secondary N) is 1. The molecule has 0 unspecified atom stereocenters. The molecule has 2 aromatic heterocycles. The van der Waals surface area contributed by atoms with Crippen LogP contribution in [-0.4, -0.2) is 20.9 Å². The van der Waals surface area contributed by atoms with Gasteiger partial charge in [0.05, 0.1) is 16.4 Å². The van der Waals surface area contributed by atoms with E-state index in [-0.39, 0.29) is 11.6 Å². The number of nitrogens with zero attached hydrogens (tertiary/aromatic N) is 3. The van der Waals surface area contributed by atoms with Crippen LogP contribution in [0.15, 0.2) is 36.8 Å². The summed E-state index contributed by atoms with van der Waals surface area (Å²) in [7, 11) is 0. The Hall–Kier alpha value is -2.34. The van der Waals surface area contributed by atoms with E-state index in [2.05, 4.69) is 20.3 Å². The van der Waals surface area contributed by atoms with Crippen LogP contribution in [0.3, 0.4) is 0 Å². The Morgan fingerprint density at radius 3 is 3.00 bits per heavy atom. The first-order valence-electron chi connectivity index (χ1n) is 5.67. The zero-order valence-corrected chi connectivity index (χ0v) is 10.9. The average Bonchev–Trinajstić information content (AvgIpc) is 2.81. The lowest BCUT2D eigenvalue weighted by Crippen LogP contribution is -2.13. The Morgan fingerprint density at radius 1 is 1.32 bits per heavy atom. The molecule has 1 aromatic carbocycles. The summed E-state index contributed by atoms with van der Waals surface area (Å²) in [6.07, 6.45) is 4.43. The van der Waals surface area contributed by atoms with E-state index in [9.17, 15) is 4.79 Å². The molecule has 5 nitrogen and oxygen atoms in total. The maximum atomic E-state index is 11.9. The summed E-state index contributed by atoms with van der Waals surface area (Å²) in [4.78, 5) is 24.1. The van der Waals surface area contributed by atoms with Crippen LogP contribution in [0.4, 0.5) is 5.13 Å². The second-order valence-corrected chi connectivity index (χ2v) is 5.07. The van der Waals surface area contributed by atoms with Crippen molar-refractivity contribution >= 4 is 32.6 Å². The lowest BCUT2D eigenvalue weighted by Gasteiger charge is -1.98. The maximum Gasteiger partial charge on any atom is 0.277 e. The fourth-order valence-electron chi connectivity index (χ4n) is 1.66. The third-order valence-electron chi connectivity index (χ3n) is 2.56. The SMILES string of the molecule is Cc1ccc2nc(NC(=O)c3cnccn3)sc2c1. The standard InChI is InChI=1S/C13H10N4OS/c1-8-2-3-9-11(6-8)19-13(16-9)17-12(18)10-7-14-4-5-15-10/h2-7H,1H3,(H,16,17,18). The number of thiazole rings is 1. The Labute approximate surface area is 113 Å². The second kappa shape index (κ2) is 4.74. The molecule has 0 aliphatic carbocycles. The summed E-state index contributed by atoms with van der Waals surface area (Å²) in [5, 5.41) is 3.30. The van der Waals surface area contributed by atoms with Crippen molar-refractivity contribution < 1.29 is 4.79 Å². The van der Waals surface area contributed by atoms with Gasteiger partial charge >= 0.3 is 0 Å². The highest BCUT2D eigenvalue weighted by molar-refractivity contribution is 7.22. The van der Waals surface area contributed by atoms with Crippen molar-refractivity contribution in [2.75, 3.05) is 5.32 Å². The van der Waals surface area contributed by atoms with E-state index < -0.39 is 0 Å². The third kappa shape index (κ3) is 2.43. The molecule has 94 valence electrons. The van der Waals surface area contributed by atoms with Gasteiger partial charge in [-0.25, -0.2) is 9.97 Å². The van der Waals surface area contributed by atoms with E-state index in [4.69, 9.17) is 0 Å². The number of anilines is 1. The van der Waals surface area contributed by atoms with Gasteiger partial charge in [-0.15, -0.1) is 0 Å². The van der Waals surface area contributed by atoms with Gasteiger partial charge in [-0.3, -0.25) is 15.1 Å². The van der Waals surface area contributed by atoms with Gasteiger partial charge in [0.15, 0.2) is 5.13 Å². The molecule has 0 fully saturated rings. The predicted octanol–water partition coefficient (Wildman–Crippen LogP) is 2.65. The molecule has 0 radical (unpaired) electrons. The summed E-state index contributed by atoms with van der Waals surface area (Å²) >= 11 is 1.44. The number of aryl methyl sites for hydroxylation is 1. The zero-order valence-electron chi connectivity index (χ0n) is 10.1. The number of fused-ring (bicyclic) bond motifs is 1. The van der Waals surface area contributed by atoms with Crippen LogP contribution in [0.1, 0.15) is 16.1 Å². The molecule has 1 amide bonds. The van der Waals surface area contributed by atoms with Gasteiger partial charge in [0.25, 0.3) is 5.91 Å². The quantitative estimate of drug-likeness (QED) is 0.777. The van der Waals surface area contributed by atoms with Gasteiger partial charge in [-0.05, 0) is 24.6 Å². The first-order valence-corrected chi connectivity index (χ1v) is 6.48. The largest absolute Gasteiger partial charge is 0.296 e. The Bertz CT molecular complexity index is 739.